The number of carbonyl (C=O) groups excluding carboxylic acids is 1. The van der Waals surface area contributed by atoms with Crippen molar-refractivity contribution in [1.82, 2.24) is 4.90 Å². The van der Waals surface area contributed by atoms with Gasteiger partial charge >= 0.3 is 0 Å². The summed E-state index contributed by atoms with van der Waals surface area (Å²) in [5.74, 6) is -0.727. The molecule has 20 heavy (non-hydrogen) atoms. The zero-order chi connectivity index (χ0) is 15.3. The molecule has 1 rings (SSSR count). The van der Waals surface area contributed by atoms with E-state index in [0.29, 0.717) is 6.54 Å². The molecule has 0 aliphatic carbocycles. The van der Waals surface area contributed by atoms with E-state index in [2.05, 4.69) is 0 Å². The number of nitrogens with two attached hydrogens (primary N) is 1. The maximum absolute atomic E-state index is 12.3. The summed E-state index contributed by atoms with van der Waals surface area (Å²) in [6.07, 6.45) is 0. The molecule has 0 spiro atoms. The summed E-state index contributed by atoms with van der Waals surface area (Å²) in [7, 11) is 0. The normalized spacial score (nSPS) is 11.4. The third kappa shape index (κ3) is 3.23. The summed E-state index contributed by atoms with van der Waals surface area (Å²) in [4.78, 5) is 24.0. The van der Waals surface area contributed by atoms with Gasteiger partial charge < -0.3 is 10.6 Å². The predicted octanol–water partition coefficient (Wildman–Crippen LogP) is 1.80. The number of nitriles is 1. The number of nitro benzene ring substituents is 1. The van der Waals surface area contributed by atoms with Crippen molar-refractivity contribution in [1.29, 1.82) is 5.26 Å². The highest BCUT2D eigenvalue weighted by atomic mass is 16.6. The van der Waals surface area contributed by atoms with Crippen molar-refractivity contribution in [3.63, 3.8) is 0 Å². The third-order valence-electron chi connectivity index (χ3n) is 2.89. The lowest BCUT2D eigenvalue weighted by molar-refractivity contribution is -0.383. The molecule has 0 bridgehead atoms. The van der Waals surface area contributed by atoms with Crippen molar-refractivity contribution in [3.8, 4) is 6.07 Å². The van der Waals surface area contributed by atoms with Gasteiger partial charge in [-0.1, -0.05) is 6.07 Å². The number of rotatable bonds is 5. The molecule has 1 aromatic rings. The van der Waals surface area contributed by atoms with Crippen LogP contribution >= 0.6 is 0 Å². The Labute approximate surface area is 116 Å². The fraction of sp³-hybridized carbons (Fsp3) is 0.385. The molecule has 0 aliphatic heterocycles. The van der Waals surface area contributed by atoms with Gasteiger partial charge in [-0.25, -0.2) is 0 Å². The maximum Gasteiger partial charge on any atom is 0.292 e. The second-order valence-corrected chi connectivity index (χ2v) is 4.37. The third-order valence-corrected chi connectivity index (χ3v) is 2.89. The Morgan fingerprint density at radius 2 is 2.25 bits per heavy atom. The Morgan fingerprint density at radius 3 is 2.75 bits per heavy atom. The Kier molecular flexibility index (Phi) is 5.03. The Bertz CT molecular complexity index is 565. The highest BCUT2D eigenvalue weighted by molar-refractivity contribution is 6.01. The van der Waals surface area contributed by atoms with E-state index in [-0.39, 0.29) is 29.4 Å². The fourth-order valence-electron chi connectivity index (χ4n) is 1.80. The van der Waals surface area contributed by atoms with E-state index in [1.807, 2.05) is 6.07 Å². The van der Waals surface area contributed by atoms with Crippen LogP contribution in [-0.4, -0.2) is 28.8 Å². The minimum absolute atomic E-state index is 0.0891. The summed E-state index contributed by atoms with van der Waals surface area (Å²) >= 11 is 0. The average molecular weight is 276 g/mol. The van der Waals surface area contributed by atoms with Gasteiger partial charge in [0.15, 0.2) is 0 Å². The molecule has 7 heteroatoms. The molecule has 0 saturated carbocycles. The predicted molar refractivity (Wildman–Crippen MR) is 73.9 cm³/mol. The van der Waals surface area contributed by atoms with Crippen molar-refractivity contribution >= 4 is 17.3 Å². The van der Waals surface area contributed by atoms with Gasteiger partial charge in [0.25, 0.3) is 11.6 Å². The number of benzene rings is 1. The second kappa shape index (κ2) is 6.52. The first-order valence-electron chi connectivity index (χ1n) is 6.14. The van der Waals surface area contributed by atoms with E-state index in [0.717, 1.165) is 0 Å². The van der Waals surface area contributed by atoms with Gasteiger partial charge in [0.1, 0.15) is 5.69 Å². The molecule has 1 aromatic carbocycles. The monoisotopic (exact) mass is 276 g/mol. The van der Waals surface area contributed by atoms with Crippen LogP contribution in [0, 0.1) is 27.4 Å². The van der Waals surface area contributed by atoms with Gasteiger partial charge in [-0.05, 0) is 19.9 Å². The van der Waals surface area contributed by atoms with Gasteiger partial charge in [0.05, 0.1) is 22.5 Å². The summed E-state index contributed by atoms with van der Waals surface area (Å²) in [5, 5.41) is 19.6. The lowest BCUT2D eigenvalue weighted by atomic mass is 10.1. The SMILES string of the molecule is CCN(CC(C)C#N)C(=O)c1cccc([N+](=O)[O-])c1N. The smallest absolute Gasteiger partial charge is 0.292 e. The standard InChI is InChI=1S/C13H16N4O3/c1-3-16(8-9(2)7-14)13(18)10-5-4-6-11(12(10)15)17(19)20/h4-6,9H,3,8,15H2,1-2H3. The maximum atomic E-state index is 12.3. The molecule has 2 N–H and O–H groups in total. The van der Waals surface area contributed by atoms with E-state index in [1.54, 1.807) is 13.8 Å². The molecule has 0 fully saturated rings. The van der Waals surface area contributed by atoms with Gasteiger partial charge in [-0.2, -0.15) is 5.26 Å². The molecular weight excluding hydrogens is 260 g/mol. The first-order chi connectivity index (χ1) is 9.42. The van der Waals surface area contributed by atoms with Gasteiger partial charge in [0.2, 0.25) is 0 Å². The number of hydrogen-bond donors (Lipinski definition) is 1. The summed E-state index contributed by atoms with van der Waals surface area (Å²) in [6.45, 7) is 4.13. The molecule has 106 valence electrons. The van der Waals surface area contributed by atoms with Crippen molar-refractivity contribution in [3.05, 3.63) is 33.9 Å². The largest absolute Gasteiger partial charge is 0.393 e. The fourth-order valence-corrected chi connectivity index (χ4v) is 1.80. The van der Waals surface area contributed by atoms with Crippen LogP contribution in [0.25, 0.3) is 0 Å². The zero-order valence-corrected chi connectivity index (χ0v) is 11.4. The van der Waals surface area contributed by atoms with Crippen molar-refractivity contribution in [2.75, 3.05) is 18.8 Å². The van der Waals surface area contributed by atoms with E-state index >= 15 is 0 Å². The number of hydrogen-bond acceptors (Lipinski definition) is 5. The van der Waals surface area contributed by atoms with Gasteiger partial charge in [-0.15, -0.1) is 0 Å². The molecule has 0 heterocycles. The number of nitro groups is 1. The van der Waals surface area contributed by atoms with Crippen LogP contribution in [0.1, 0.15) is 24.2 Å². The van der Waals surface area contributed by atoms with Crippen LogP contribution < -0.4 is 5.73 Å². The van der Waals surface area contributed by atoms with Crippen LogP contribution in [0.5, 0.6) is 0 Å². The lowest BCUT2D eigenvalue weighted by Gasteiger charge is -2.22. The first-order valence-corrected chi connectivity index (χ1v) is 6.14. The van der Waals surface area contributed by atoms with E-state index < -0.39 is 10.8 Å². The molecule has 1 atom stereocenters. The highest BCUT2D eigenvalue weighted by Crippen LogP contribution is 2.26. The van der Waals surface area contributed by atoms with E-state index in [1.165, 1.54) is 23.1 Å². The summed E-state index contributed by atoms with van der Waals surface area (Å²) < 4.78 is 0. The highest BCUT2D eigenvalue weighted by Gasteiger charge is 2.23. The van der Waals surface area contributed by atoms with Gasteiger partial charge in [0, 0.05) is 19.2 Å². The quantitative estimate of drug-likeness (QED) is 0.500. The number of para-hydroxylation sites is 1. The van der Waals surface area contributed by atoms with Crippen LogP contribution in [0.3, 0.4) is 0 Å². The van der Waals surface area contributed by atoms with Crippen molar-refractivity contribution in [2.45, 2.75) is 13.8 Å². The van der Waals surface area contributed by atoms with Crippen LogP contribution in [0.2, 0.25) is 0 Å². The van der Waals surface area contributed by atoms with Crippen LogP contribution in [0.4, 0.5) is 11.4 Å². The van der Waals surface area contributed by atoms with Gasteiger partial charge in [-0.3, -0.25) is 14.9 Å². The average Bonchev–Trinajstić information content (AvgIpc) is 2.43. The number of nitrogen functional groups attached to an aromatic ring is 1. The molecule has 0 saturated heterocycles. The molecule has 7 nitrogen and oxygen atoms in total. The van der Waals surface area contributed by atoms with E-state index in [4.69, 9.17) is 11.0 Å². The minimum atomic E-state index is -0.625. The molecule has 0 radical (unpaired) electrons. The Morgan fingerprint density at radius 1 is 1.60 bits per heavy atom. The molecular formula is C13H16N4O3. The van der Waals surface area contributed by atoms with E-state index in [9.17, 15) is 14.9 Å². The topological polar surface area (TPSA) is 113 Å². The summed E-state index contributed by atoms with van der Waals surface area (Å²) in [5.41, 5.74) is 5.34. The first kappa shape index (κ1) is 15.4. The number of amides is 1. The number of carbonyl (C=O) groups is 1. The summed E-state index contributed by atoms with van der Waals surface area (Å²) in [6, 6.07) is 6.17. The molecule has 0 aromatic heterocycles. The number of anilines is 1. The number of nitrogens with zero attached hydrogens (tertiary/aromatic N) is 3. The Balaban J connectivity index is 3.11. The molecule has 1 unspecified atom stereocenters. The van der Waals surface area contributed by atoms with Crippen LogP contribution in [-0.2, 0) is 0 Å². The lowest BCUT2D eigenvalue weighted by Crippen LogP contribution is -2.34. The van der Waals surface area contributed by atoms with Crippen molar-refractivity contribution in [2.24, 2.45) is 5.92 Å². The second-order valence-electron chi connectivity index (χ2n) is 4.37. The zero-order valence-electron chi connectivity index (χ0n) is 11.4. The Hall–Kier alpha value is -2.62. The molecule has 1 amide bonds. The minimum Gasteiger partial charge on any atom is -0.393 e. The van der Waals surface area contributed by atoms with Crippen LogP contribution in [0.15, 0.2) is 18.2 Å². The van der Waals surface area contributed by atoms with Crippen molar-refractivity contribution < 1.29 is 9.72 Å². The molecule has 0 aliphatic rings.